The number of hydrogen-bond acceptors (Lipinski definition) is 5. The summed E-state index contributed by atoms with van der Waals surface area (Å²) in [7, 11) is -3.92. The molecule has 1 amide bonds. The molecule has 3 aromatic carbocycles. The van der Waals surface area contributed by atoms with E-state index in [9.17, 15) is 13.2 Å². The van der Waals surface area contributed by atoms with Crippen LogP contribution in [0.4, 0.5) is 5.69 Å². The standard InChI is InChI=1S/C31H37N3O4S/c1-31(2,3)25-14-15-28-27(19-25)34(39(36,37)26-12-5-4-6-13-26)22-29(38-28)30(35)32-20-23-10-9-11-24(18-23)21-33-16-7-8-17-33/h4-6,9-15,18-19,29H,7-8,16-17,20-22H2,1-3H3,(H,32,35). The van der Waals surface area contributed by atoms with Gasteiger partial charge < -0.3 is 10.1 Å². The van der Waals surface area contributed by atoms with E-state index in [1.165, 1.54) is 22.7 Å². The molecular weight excluding hydrogens is 510 g/mol. The van der Waals surface area contributed by atoms with E-state index in [1.54, 1.807) is 36.4 Å². The normalized spacial score (nSPS) is 17.9. The molecule has 0 saturated carbocycles. The first kappa shape index (κ1) is 27.2. The van der Waals surface area contributed by atoms with E-state index in [4.69, 9.17) is 4.74 Å². The topological polar surface area (TPSA) is 79.0 Å². The summed E-state index contributed by atoms with van der Waals surface area (Å²) in [5.41, 5.74) is 3.47. The third kappa shape index (κ3) is 6.12. The first-order valence-corrected chi connectivity index (χ1v) is 15.0. The molecule has 1 atom stereocenters. The van der Waals surface area contributed by atoms with Gasteiger partial charge in [0.1, 0.15) is 5.75 Å². The van der Waals surface area contributed by atoms with Crippen LogP contribution in [0.5, 0.6) is 5.75 Å². The molecule has 0 spiro atoms. The number of sulfonamides is 1. The molecule has 2 heterocycles. The fourth-order valence-corrected chi connectivity index (χ4v) is 6.63. The van der Waals surface area contributed by atoms with E-state index in [0.29, 0.717) is 18.0 Å². The molecule has 1 N–H and O–H groups in total. The maximum absolute atomic E-state index is 13.8. The van der Waals surface area contributed by atoms with Gasteiger partial charge in [0.05, 0.1) is 17.1 Å². The van der Waals surface area contributed by atoms with Crippen molar-refractivity contribution >= 4 is 21.6 Å². The van der Waals surface area contributed by atoms with Crippen LogP contribution in [0.1, 0.15) is 50.3 Å². The first-order chi connectivity index (χ1) is 18.6. The van der Waals surface area contributed by atoms with Gasteiger partial charge in [-0.25, -0.2) is 8.42 Å². The molecule has 7 nitrogen and oxygen atoms in total. The molecule has 1 unspecified atom stereocenters. The number of ether oxygens (including phenoxy) is 1. The largest absolute Gasteiger partial charge is 0.476 e. The zero-order valence-electron chi connectivity index (χ0n) is 22.9. The van der Waals surface area contributed by atoms with Crippen LogP contribution in [0.15, 0.2) is 77.7 Å². The highest BCUT2D eigenvalue weighted by Gasteiger charge is 2.38. The molecule has 39 heavy (non-hydrogen) atoms. The lowest BCUT2D eigenvalue weighted by Crippen LogP contribution is -2.50. The van der Waals surface area contributed by atoms with E-state index >= 15 is 0 Å². The van der Waals surface area contributed by atoms with Crippen LogP contribution in [0.2, 0.25) is 0 Å². The lowest BCUT2D eigenvalue weighted by molar-refractivity contribution is -0.127. The summed E-state index contributed by atoms with van der Waals surface area (Å²) in [4.78, 5) is 15.9. The summed E-state index contributed by atoms with van der Waals surface area (Å²) in [6, 6.07) is 22.1. The number of benzene rings is 3. The Kier molecular flexibility index (Phi) is 7.69. The van der Waals surface area contributed by atoms with E-state index in [-0.39, 0.29) is 22.8 Å². The van der Waals surface area contributed by atoms with Crippen molar-refractivity contribution in [2.75, 3.05) is 23.9 Å². The number of carbonyl (C=O) groups excluding carboxylic acids is 1. The lowest BCUT2D eigenvalue weighted by atomic mass is 9.86. The number of fused-ring (bicyclic) bond motifs is 1. The van der Waals surface area contributed by atoms with Gasteiger partial charge in [0.25, 0.3) is 15.9 Å². The third-order valence-electron chi connectivity index (χ3n) is 7.38. The van der Waals surface area contributed by atoms with Crippen molar-refractivity contribution in [1.82, 2.24) is 10.2 Å². The third-order valence-corrected chi connectivity index (χ3v) is 9.18. The fourth-order valence-electron chi connectivity index (χ4n) is 5.14. The average Bonchev–Trinajstić information content (AvgIpc) is 3.44. The Morgan fingerprint density at radius 1 is 0.949 bits per heavy atom. The Morgan fingerprint density at radius 3 is 2.38 bits per heavy atom. The number of likely N-dealkylation sites (tertiary alicyclic amines) is 1. The minimum atomic E-state index is -3.92. The number of hydrogen-bond donors (Lipinski definition) is 1. The van der Waals surface area contributed by atoms with Crippen LogP contribution in [0, 0.1) is 0 Å². The Labute approximate surface area is 231 Å². The van der Waals surface area contributed by atoms with Crippen molar-refractivity contribution in [3.8, 4) is 5.75 Å². The molecule has 0 aliphatic carbocycles. The highest BCUT2D eigenvalue weighted by molar-refractivity contribution is 7.92. The van der Waals surface area contributed by atoms with Gasteiger partial charge in [0.15, 0.2) is 6.10 Å². The van der Waals surface area contributed by atoms with Crippen LogP contribution in [0.3, 0.4) is 0 Å². The van der Waals surface area contributed by atoms with Gasteiger partial charge in [-0.15, -0.1) is 0 Å². The number of anilines is 1. The Bertz CT molecular complexity index is 1430. The van der Waals surface area contributed by atoms with Crippen molar-refractivity contribution in [1.29, 1.82) is 0 Å². The minimum absolute atomic E-state index is 0.112. The van der Waals surface area contributed by atoms with Crippen LogP contribution < -0.4 is 14.4 Å². The van der Waals surface area contributed by atoms with Gasteiger partial charge in [-0.3, -0.25) is 14.0 Å². The van der Waals surface area contributed by atoms with Crippen molar-refractivity contribution in [2.45, 2.75) is 63.1 Å². The molecule has 206 valence electrons. The molecule has 8 heteroatoms. The van der Waals surface area contributed by atoms with Crippen LogP contribution in [0.25, 0.3) is 0 Å². The SMILES string of the molecule is CC(C)(C)c1ccc2c(c1)N(S(=O)(=O)c1ccccc1)CC(C(=O)NCc1cccc(CN3CCCC3)c1)O2. The Balaban J connectivity index is 1.36. The quantitative estimate of drug-likeness (QED) is 0.458. The molecule has 1 fully saturated rings. The zero-order chi connectivity index (χ0) is 27.6. The number of nitrogens with one attached hydrogen (secondary N) is 1. The van der Waals surface area contributed by atoms with Crippen molar-refractivity contribution in [2.24, 2.45) is 0 Å². The Hall–Kier alpha value is -3.36. The van der Waals surface area contributed by atoms with E-state index in [0.717, 1.165) is 30.8 Å². The number of carbonyl (C=O) groups is 1. The zero-order valence-corrected chi connectivity index (χ0v) is 23.7. The molecule has 0 bridgehead atoms. The van der Waals surface area contributed by atoms with Crippen LogP contribution in [-0.2, 0) is 33.3 Å². The fraction of sp³-hybridized carbons (Fsp3) is 0.387. The molecule has 0 radical (unpaired) electrons. The first-order valence-electron chi connectivity index (χ1n) is 13.6. The monoisotopic (exact) mass is 547 g/mol. The summed E-state index contributed by atoms with van der Waals surface area (Å²) < 4.78 is 35.0. The lowest BCUT2D eigenvalue weighted by Gasteiger charge is -2.36. The molecule has 2 aliphatic rings. The van der Waals surface area contributed by atoms with Gasteiger partial charge >= 0.3 is 0 Å². The molecule has 3 aromatic rings. The molecule has 0 aromatic heterocycles. The molecule has 5 rings (SSSR count). The van der Waals surface area contributed by atoms with Crippen LogP contribution >= 0.6 is 0 Å². The van der Waals surface area contributed by atoms with Crippen molar-refractivity contribution < 1.29 is 17.9 Å². The molecule has 1 saturated heterocycles. The van der Waals surface area contributed by atoms with E-state index in [1.807, 2.05) is 24.3 Å². The van der Waals surface area contributed by atoms with Crippen molar-refractivity contribution in [3.63, 3.8) is 0 Å². The molecule has 2 aliphatic heterocycles. The summed E-state index contributed by atoms with van der Waals surface area (Å²) in [6.45, 7) is 9.61. The highest BCUT2D eigenvalue weighted by Crippen LogP contribution is 2.40. The van der Waals surface area contributed by atoms with Gasteiger partial charge in [-0.05, 0) is 72.3 Å². The van der Waals surface area contributed by atoms with Crippen molar-refractivity contribution in [3.05, 3.63) is 89.5 Å². The highest BCUT2D eigenvalue weighted by atomic mass is 32.2. The number of rotatable bonds is 7. The van der Waals surface area contributed by atoms with E-state index < -0.39 is 16.1 Å². The number of amides is 1. The van der Waals surface area contributed by atoms with Gasteiger partial charge in [-0.1, -0.05) is 69.3 Å². The average molecular weight is 548 g/mol. The summed E-state index contributed by atoms with van der Waals surface area (Å²) in [5, 5.41) is 2.97. The predicted octanol–water partition coefficient (Wildman–Crippen LogP) is 4.85. The second kappa shape index (κ2) is 11.0. The van der Waals surface area contributed by atoms with Gasteiger partial charge in [0.2, 0.25) is 0 Å². The predicted molar refractivity (Wildman–Crippen MR) is 153 cm³/mol. The summed E-state index contributed by atoms with van der Waals surface area (Å²) >= 11 is 0. The van der Waals surface area contributed by atoms with Gasteiger partial charge in [-0.2, -0.15) is 0 Å². The van der Waals surface area contributed by atoms with Gasteiger partial charge in [0, 0.05) is 13.1 Å². The second-order valence-corrected chi connectivity index (χ2v) is 13.3. The second-order valence-electron chi connectivity index (χ2n) is 11.4. The summed E-state index contributed by atoms with van der Waals surface area (Å²) in [6.07, 6.45) is 1.51. The molecular formula is C31H37N3O4S. The smallest absolute Gasteiger partial charge is 0.264 e. The maximum atomic E-state index is 13.8. The van der Waals surface area contributed by atoms with E-state index in [2.05, 4.69) is 43.1 Å². The van der Waals surface area contributed by atoms with Crippen LogP contribution in [-0.4, -0.2) is 45.0 Å². The maximum Gasteiger partial charge on any atom is 0.264 e. The minimum Gasteiger partial charge on any atom is -0.476 e. The Morgan fingerprint density at radius 2 is 1.67 bits per heavy atom. The number of nitrogens with zero attached hydrogens (tertiary/aromatic N) is 2. The summed E-state index contributed by atoms with van der Waals surface area (Å²) in [5.74, 6) is 0.0280.